The van der Waals surface area contributed by atoms with Crippen molar-refractivity contribution in [1.29, 1.82) is 0 Å². The Morgan fingerprint density at radius 2 is 1.68 bits per heavy atom. The van der Waals surface area contributed by atoms with Gasteiger partial charge in [-0.05, 0) is 36.4 Å². The standard InChI is InChI=1S/C20H22F3N3O2/c1-28-18-5-3-2-4-17(18)26-12-10-25(11-13-26)14-19(27)24-16-8-6-15(7-9-16)20(21,22)23/h2-9H,10-14H2,1H3,(H,24,27). The van der Waals surface area contributed by atoms with E-state index in [-0.39, 0.29) is 12.5 Å². The van der Waals surface area contributed by atoms with E-state index in [9.17, 15) is 18.0 Å². The number of hydrogen-bond donors (Lipinski definition) is 1. The summed E-state index contributed by atoms with van der Waals surface area (Å²) in [4.78, 5) is 16.4. The second-order valence-corrected chi connectivity index (χ2v) is 6.56. The SMILES string of the molecule is COc1ccccc1N1CCN(CC(=O)Nc2ccc(C(F)(F)F)cc2)CC1. The molecule has 1 saturated heterocycles. The van der Waals surface area contributed by atoms with Gasteiger partial charge in [-0.25, -0.2) is 0 Å². The van der Waals surface area contributed by atoms with Gasteiger partial charge in [0.2, 0.25) is 5.91 Å². The highest BCUT2D eigenvalue weighted by molar-refractivity contribution is 5.92. The molecule has 8 heteroatoms. The molecule has 2 aromatic rings. The Morgan fingerprint density at radius 1 is 1.04 bits per heavy atom. The predicted octanol–water partition coefficient (Wildman–Crippen LogP) is 3.47. The van der Waals surface area contributed by atoms with Crippen LogP contribution in [0, 0.1) is 0 Å². The van der Waals surface area contributed by atoms with Gasteiger partial charge in [-0.15, -0.1) is 0 Å². The average molecular weight is 393 g/mol. The summed E-state index contributed by atoms with van der Waals surface area (Å²) in [5.41, 5.74) is 0.641. The van der Waals surface area contributed by atoms with Crippen molar-refractivity contribution in [2.45, 2.75) is 6.18 Å². The molecule has 150 valence electrons. The van der Waals surface area contributed by atoms with Gasteiger partial charge in [-0.1, -0.05) is 12.1 Å². The number of methoxy groups -OCH3 is 1. The van der Waals surface area contributed by atoms with Crippen LogP contribution in [0.5, 0.6) is 5.75 Å². The van der Waals surface area contributed by atoms with Crippen molar-refractivity contribution >= 4 is 17.3 Å². The highest BCUT2D eigenvalue weighted by atomic mass is 19.4. The number of anilines is 2. The third-order valence-electron chi connectivity index (χ3n) is 4.66. The van der Waals surface area contributed by atoms with E-state index < -0.39 is 11.7 Å². The number of benzene rings is 2. The number of para-hydroxylation sites is 2. The third-order valence-corrected chi connectivity index (χ3v) is 4.66. The van der Waals surface area contributed by atoms with Crippen LogP contribution in [0.4, 0.5) is 24.5 Å². The number of rotatable bonds is 5. The van der Waals surface area contributed by atoms with Crippen LogP contribution in [-0.4, -0.2) is 50.6 Å². The quantitative estimate of drug-likeness (QED) is 0.845. The van der Waals surface area contributed by atoms with Crippen LogP contribution >= 0.6 is 0 Å². The van der Waals surface area contributed by atoms with Crippen LogP contribution in [-0.2, 0) is 11.0 Å². The van der Waals surface area contributed by atoms with Crippen molar-refractivity contribution in [3.05, 3.63) is 54.1 Å². The number of nitrogens with zero attached hydrogens (tertiary/aromatic N) is 2. The lowest BCUT2D eigenvalue weighted by Gasteiger charge is -2.36. The molecule has 3 rings (SSSR count). The number of piperazine rings is 1. The molecule has 0 bridgehead atoms. The molecule has 1 aliphatic heterocycles. The molecule has 5 nitrogen and oxygen atoms in total. The fraction of sp³-hybridized carbons (Fsp3) is 0.350. The van der Waals surface area contributed by atoms with E-state index in [0.29, 0.717) is 18.8 Å². The van der Waals surface area contributed by atoms with Gasteiger partial charge in [0.1, 0.15) is 5.75 Å². The summed E-state index contributed by atoms with van der Waals surface area (Å²) in [7, 11) is 1.64. The number of ether oxygens (including phenoxy) is 1. The minimum atomic E-state index is -4.39. The van der Waals surface area contributed by atoms with Crippen molar-refractivity contribution < 1.29 is 22.7 Å². The first-order chi connectivity index (χ1) is 13.4. The number of amides is 1. The number of carbonyl (C=O) groups is 1. The topological polar surface area (TPSA) is 44.8 Å². The number of nitrogens with one attached hydrogen (secondary N) is 1. The minimum Gasteiger partial charge on any atom is -0.495 e. The van der Waals surface area contributed by atoms with E-state index in [0.717, 1.165) is 36.7 Å². The van der Waals surface area contributed by atoms with Gasteiger partial charge in [-0.3, -0.25) is 9.69 Å². The van der Waals surface area contributed by atoms with E-state index in [1.165, 1.54) is 12.1 Å². The maximum atomic E-state index is 12.6. The first-order valence-electron chi connectivity index (χ1n) is 8.94. The lowest BCUT2D eigenvalue weighted by Crippen LogP contribution is -2.48. The lowest BCUT2D eigenvalue weighted by atomic mass is 10.2. The maximum absolute atomic E-state index is 12.6. The molecule has 0 aliphatic carbocycles. The van der Waals surface area contributed by atoms with E-state index in [2.05, 4.69) is 10.2 Å². The Morgan fingerprint density at radius 3 is 2.29 bits per heavy atom. The van der Waals surface area contributed by atoms with Gasteiger partial charge < -0.3 is 15.0 Å². The molecule has 0 saturated carbocycles. The predicted molar refractivity (Wildman–Crippen MR) is 102 cm³/mol. The highest BCUT2D eigenvalue weighted by Crippen LogP contribution is 2.30. The number of hydrogen-bond acceptors (Lipinski definition) is 4. The summed E-state index contributed by atoms with van der Waals surface area (Å²) < 4.78 is 43.2. The Labute approximate surface area is 161 Å². The summed E-state index contributed by atoms with van der Waals surface area (Å²) in [6.07, 6.45) is -4.39. The van der Waals surface area contributed by atoms with Crippen molar-refractivity contribution in [3.63, 3.8) is 0 Å². The van der Waals surface area contributed by atoms with Crippen LogP contribution in [0.15, 0.2) is 48.5 Å². The first-order valence-corrected chi connectivity index (χ1v) is 8.94. The summed E-state index contributed by atoms with van der Waals surface area (Å²) in [6.45, 7) is 3.12. The number of carbonyl (C=O) groups excluding carboxylic acids is 1. The zero-order valence-corrected chi connectivity index (χ0v) is 15.5. The summed E-state index contributed by atoms with van der Waals surface area (Å²) in [6, 6.07) is 12.3. The molecule has 1 N–H and O–H groups in total. The Balaban J connectivity index is 1.50. The van der Waals surface area contributed by atoms with Crippen LogP contribution in [0.25, 0.3) is 0 Å². The van der Waals surface area contributed by atoms with Gasteiger partial charge in [0, 0.05) is 31.9 Å². The lowest BCUT2D eigenvalue weighted by molar-refractivity contribution is -0.137. The molecule has 1 aliphatic rings. The molecule has 0 aromatic heterocycles. The van der Waals surface area contributed by atoms with Crippen LogP contribution < -0.4 is 15.0 Å². The maximum Gasteiger partial charge on any atom is 0.416 e. The highest BCUT2D eigenvalue weighted by Gasteiger charge is 2.30. The molecule has 1 heterocycles. The van der Waals surface area contributed by atoms with Crippen LogP contribution in [0.1, 0.15) is 5.56 Å². The van der Waals surface area contributed by atoms with Gasteiger partial charge in [0.05, 0.1) is 24.9 Å². The van der Waals surface area contributed by atoms with Gasteiger partial charge in [0.25, 0.3) is 0 Å². The largest absolute Gasteiger partial charge is 0.495 e. The fourth-order valence-corrected chi connectivity index (χ4v) is 3.18. The molecular weight excluding hydrogens is 371 g/mol. The molecule has 0 radical (unpaired) electrons. The fourth-order valence-electron chi connectivity index (χ4n) is 3.18. The Kier molecular flexibility index (Phi) is 6.08. The third kappa shape index (κ3) is 4.95. The Bertz CT molecular complexity index is 801. The minimum absolute atomic E-state index is 0.195. The molecule has 0 unspecified atom stereocenters. The van der Waals surface area contributed by atoms with Gasteiger partial charge in [-0.2, -0.15) is 13.2 Å². The molecule has 1 fully saturated rings. The van der Waals surface area contributed by atoms with Crippen molar-refractivity contribution in [1.82, 2.24) is 4.90 Å². The monoisotopic (exact) mass is 393 g/mol. The zero-order chi connectivity index (χ0) is 20.1. The molecule has 0 spiro atoms. The summed E-state index contributed by atoms with van der Waals surface area (Å²) >= 11 is 0. The molecule has 1 amide bonds. The molecule has 0 atom stereocenters. The molecule has 28 heavy (non-hydrogen) atoms. The summed E-state index contributed by atoms with van der Waals surface area (Å²) in [5, 5.41) is 2.65. The summed E-state index contributed by atoms with van der Waals surface area (Å²) in [5.74, 6) is 0.571. The van der Waals surface area contributed by atoms with Crippen LogP contribution in [0.2, 0.25) is 0 Å². The van der Waals surface area contributed by atoms with Gasteiger partial charge >= 0.3 is 6.18 Å². The number of halogens is 3. The second kappa shape index (κ2) is 8.52. The van der Waals surface area contributed by atoms with E-state index in [4.69, 9.17) is 4.74 Å². The second-order valence-electron chi connectivity index (χ2n) is 6.56. The molecular formula is C20H22F3N3O2. The normalized spacial score (nSPS) is 15.4. The van der Waals surface area contributed by atoms with E-state index >= 15 is 0 Å². The number of alkyl halides is 3. The van der Waals surface area contributed by atoms with E-state index in [1.807, 2.05) is 29.2 Å². The smallest absolute Gasteiger partial charge is 0.416 e. The van der Waals surface area contributed by atoms with Crippen LogP contribution in [0.3, 0.4) is 0 Å². The zero-order valence-electron chi connectivity index (χ0n) is 15.5. The average Bonchev–Trinajstić information content (AvgIpc) is 2.68. The Hall–Kier alpha value is -2.74. The van der Waals surface area contributed by atoms with Gasteiger partial charge in [0.15, 0.2) is 0 Å². The van der Waals surface area contributed by atoms with Crippen molar-refractivity contribution in [2.75, 3.05) is 50.1 Å². The van der Waals surface area contributed by atoms with E-state index in [1.54, 1.807) is 7.11 Å². The van der Waals surface area contributed by atoms with Crippen molar-refractivity contribution in [3.8, 4) is 5.75 Å². The molecule has 2 aromatic carbocycles. The van der Waals surface area contributed by atoms with Crippen molar-refractivity contribution in [2.24, 2.45) is 0 Å². The first kappa shape index (κ1) is 20.0.